The van der Waals surface area contributed by atoms with Gasteiger partial charge in [-0.2, -0.15) is 0 Å². The van der Waals surface area contributed by atoms with Gasteiger partial charge in [-0.3, -0.25) is 4.79 Å². The fourth-order valence-corrected chi connectivity index (χ4v) is 1.23. The number of hydrogen-bond donors (Lipinski definition) is 0. The summed E-state index contributed by atoms with van der Waals surface area (Å²) in [5.74, 6) is -0.679. The molecule has 1 rings (SSSR count). The van der Waals surface area contributed by atoms with E-state index in [1.54, 1.807) is 12.1 Å². The molecular formula is C9H8BrFO. The van der Waals surface area contributed by atoms with E-state index in [0.29, 0.717) is 0 Å². The van der Waals surface area contributed by atoms with Gasteiger partial charge in [0.2, 0.25) is 0 Å². The molecule has 0 aromatic heterocycles. The van der Waals surface area contributed by atoms with Gasteiger partial charge in [0, 0.05) is 0 Å². The summed E-state index contributed by atoms with van der Waals surface area (Å²) in [4.78, 5) is 11.1. The van der Waals surface area contributed by atoms with Crippen molar-refractivity contribution in [2.45, 2.75) is 6.92 Å². The Hall–Kier alpha value is -0.700. The predicted molar refractivity (Wildman–Crippen MR) is 49.3 cm³/mol. The van der Waals surface area contributed by atoms with Crippen molar-refractivity contribution in [2.75, 3.05) is 5.33 Å². The van der Waals surface area contributed by atoms with Gasteiger partial charge in [0.25, 0.3) is 0 Å². The average molecular weight is 231 g/mol. The Morgan fingerprint density at radius 1 is 1.58 bits per heavy atom. The molecule has 12 heavy (non-hydrogen) atoms. The second-order valence-electron chi connectivity index (χ2n) is 2.54. The molecule has 1 nitrogen and oxygen atoms in total. The average Bonchev–Trinajstić information content (AvgIpc) is 2.08. The van der Waals surface area contributed by atoms with E-state index in [2.05, 4.69) is 15.9 Å². The highest BCUT2D eigenvalue weighted by molar-refractivity contribution is 9.09. The van der Waals surface area contributed by atoms with Crippen LogP contribution in [0.2, 0.25) is 0 Å². The molecule has 0 radical (unpaired) electrons. The molecular weight excluding hydrogens is 223 g/mol. The summed E-state index contributed by atoms with van der Waals surface area (Å²) in [6.07, 6.45) is 0. The van der Waals surface area contributed by atoms with Crippen molar-refractivity contribution in [3.05, 3.63) is 35.1 Å². The molecule has 0 atom stereocenters. The van der Waals surface area contributed by atoms with Crippen LogP contribution in [0.3, 0.4) is 0 Å². The normalized spacial score (nSPS) is 9.92. The molecule has 0 aliphatic heterocycles. The van der Waals surface area contributed by atoms with Crippen molar-refractivity contribution in [2.24, 2.45) is 0 Å². The minimum atomic E-state index is -0.454. The molecule has 0 fully saturated rings. The van der Waals surface area contributed by atoms with Crippen LogP contribution >= 0.6 is 15.9 Å². The van der Waals surface area contributed by atoms with Crippen LogP contribution in [0.5, 0.6) is 0 Å². The van der Waals surface area contributed by atoms with E-state index in [1.165, 1.54) is 6.07 Å². The highest BCUT2D eigenvalue weighted by Crippen LogP contribution is 2.11. The van der Waals surface area contributed by atoms with Crippen molar-refractivity contribution >= 4 is 21.7 Å². The van der Waals surface area contributed by atoms with Gasteiger partial charge in [-0.05, 0) is 19.1 Å². The Balaban J connectivity index is 3.13. The van der Waals surface area contributed by atoms with Crippen LogP contribution in [0.1, 0.15) is 15.9 Å². The fourth-order valence-electron chi connectivity index (χ4n) is 0.925. The fraction of sp³-hybridized carbons (Fsp3) is 0.222. The van der Waals surface area contributed by atoms with E-state index in [0.717, 1.165) is 5.56 Å². The standard InChI is InChI=1S/C9H8BrFO/c1-6-2-3-8(11)7(4-6)9(12)5-10/h2-4H,5H2,1H3. The molecule has 0 saturated heterocycles. The van der Waals surface area contributed by atoms with Crippen LogP contribution in [0, 0.1) is 12.7 Å². The summed E-state index contributed by atoms with van der Waals surface area (Å²) in [7, 11) is 0. The number of carbonyl (C=O) groups excluding carboxylic acids is 1. The SMILES string of the molecule is Cc1ccc(F)c(C(=O)CBr)c1. The number of benzene rings is 1. The first-order valence-corrected chi connectivity index (χ1v) is 4.62. The minimum Gasteiger partial charge on any atom is -0.293 e. The summed E-state index contributed by atoms with van der Waals surface area (Å²) in [5.41, 5.74) is 1.05. The van der Waals surface area contributed by atoms with Gasteiger partial charge in [-0.25, -0.2) is 4.39 Å². The summed E-state index contributed by atoms with van der Waals surface area (Å²) in [6, 6.07) is 4.50. The van der Waals surface area contributed by atoms with Crippen molar-refractivity contribution in [3.8, 4) is 0 Å². The number of alkyl halides is 1. The third-order valence-electron chi connectivity index (χ3n) is 1.54. The van der Waals surface area contributed by atoms with Crippen LogP contribution in [0.25, 0.3) is 0 Å². The van der Waals surface area contributed by atoms with E-state index < -0.39 is 5.82 Å². The Bertz CT molecular complexity index is 309. The lowest BCUT2D eigenvalue weighted by atomic mass is 10.1. The maximum absolute atomic E-state index is 13.0. The second-order valence-corrected chi connectivity index (χ2v) is 3.10. The van der Waals surface area contributed by atoms with Crippen molar-refractivity contribution < 1.29 is 9.18 Å². The highest BCUT2D eigenvalue weighted by atomic mass is 79.9. The van der Waals surface area contributed by atoms with Crippen LogP contribution < -0.4 is 0 Å². The monoisotopic (exact) mass is 230 g/mol. The smallest absolute Gasteiger partial charge is 0.176 e. The first-order chi connectivity index (χ1) is 5.65. The van der Waals surface area contributed by atoms with E-state index >= 15 is 0 Å². The molecule has 0 unspecified atom stereocenters. The summed E-state index contributed by atoms with van der Waals surface area (Å²) in [5, 5.41) is 0.160. The second kappa shape index (κ2) is 3.81. The minimum absolute atomic E-state index is 0.159. The molecule has 0 spiro atoms. The number of aryl methyl sites for hydroxylation is 1. The lowest BCUT2D eigenvalue weighted by Gasteiger charge is -2.00. The largest absolute Gasteiger partial charge is 0.293 e. The number of rotatable bonds is 2. The quantitative estimate of drug-likeness (QED) is 0.564. The van der Waals surface area contributed by atoms with Crippen LogP contribution in [-0.4, -0.2) is 11.1 Å². The maximum Gasteiger partial charge on any atom is 0.176 e. The van der Waals surface area contributed by atoms with Gasteiger partial charge in [0.15, 0.2) is 5.78 Å². The number of Topliss-reactive ketones (excluding diaryl/α,β-unsaturated/α-hetero) is 1. The molecule has 0 aliphatic carbocycles. The molecule has 0 N–H and O–H groups in total. The predicted octanol–water partition coefficient (Wildman–Crippen LogP) is 2.71. The van der Waals surface area contributed by atoms with E-state index in [9.17, 15) is 9.18 Å². The maximum atomic E-state index is 13.0. The van der Waals surface area contributed by atoms with E-state index in [-0.39, 0.29) is 16.7 Å². The number of hydrogen-bond acceptors (Lipinski definition) is 1. The Morgan fingerprint density at radius 2 is 2.25 bits per heavy atom. The Kier molecular flexibility index (Phi) is 2.98. The molecule has 1 aromatic carbocycles. The van der Waals surface area contributed by atoms with Gasteiger partial charge in [-0.15, -0.1) is 0 Å². The lowest BCUT2D eigenvalue weighted by Crippen LogP contribution is -2.03. The molecule has 0 saturated carbocycles. The Labute approximate surface area is 78.7 Å². The number of halogens is 2. The van der Waals surface area contributed by atoms with Gasteiger partial charge in [0.1, 0.15) is 5.82 Å². The lowest BCUT2D eigenvalue weighted by molar-refractivity contribution is 0.102. The van der Waals surface area contributed by atoms with Crippen LogP contribution in [-0.2, 0) is 0 Å². The topological polar surface area (TPSA) is 17.1 Å². The first kappa shape index (κ1) is 9.39. The number of ketones is 1. The third kappa shape index (κ3) is 1.91. The zero-order chi connectivity index (χ0) is 9.14. The van der Waals surface area contributed by atoms with E-state index in [4.69, 9.17) is 0 Å². The summed E-state index contributed by atoms with van der Waals surface area (Å²) in [6.45, 7) is 1.82. The molecule has 64 valence electrons. The first-order valence-electron chi connectivity index (χ1n) is 3.50. The third-order valence-corrected chi connectivity index (χ3v) is 2.05. The molecule has 1 aromatic rings. The van der Waals surface area contributed by atoms with Crippen molar-refractivity contribution in [3.63, 3.8) is 0 Å². The molecule has 0 bridgehead atoms. The zero-order valence-corrected chi connectivity index (χ0v) is 8.19. The van der Waals surface area contributed by atoms with Gasteiger partial charge >= 0.3 is 0 Å². The molecule has 0 aliphatic rings. The van der Waals surface area contributed by atoms with Gasteiger partial charge < -0.3 is 0 Å². The highest BCUT2D eigenvalue weighted by Gasteiger charge is 2.09. The summed E-state index contributed by atoms with van der Waals surface area (Å²) < 4.78 is 13.0. The van der Waals surface area contributed by atoms with Crippen molar-refractivity contribution in [1.82, 2.24) is 0 Å². The molecule has 0 heterocycles. The zero-order valence-electron chi connectivity index (χ0n) is 6.60. The van der Waals surface area contributed by atoms with Crippen LogP contribution in [0.15, 0.2) is 18.2 Å². The Morgan fingerprint density at radius 3 is 2.83 bits per heavy atom. The van der Waals surface area contributed by atoms with Gasteiger partial charge in [0.05, 0.1) is 10.9 Å². The summed E-state index contributed by atoms with van der Waals surface area (Å²) >= 11 is 2.99. The van der Waals surface area contributed by atoms with Crippen LogP contribution in [0.4, 0.5) is 4.39 Å². The van der Waals surface area contributed by atoms with Crippen molar-refractivity contribution in [1.29, 1.82) is 0 Å². The van der Waals surface area contributed by atoms with Gasteiger partial charge in [-0.1, -0.05) is 27.6 Å². The number of carbonyl (C=O) groups is 1. The molecule has 0 amide bonds. The van der Waals surface area contributed by atoms with E-state index in [1.807, 2.05) is 6.92 Å². The molecule has 3 heteroatoms.